The number of carbonyl (C=O) groups excluding carboxylic acids is 1. The van der Waals surface area contributed by atoms with Gasteiger partial charge in [-0.15, -0.1) is 0 Å². The minimum absolute atomic E-state index is 0.102. The summed E-state index contributed by atoms with van der Waals surface area (Å²) >= 11 is 0. The zero-order chi connectivity index (χ0) is 19.1. The molecule has 0 saturated carbocycles. The average Bonchev–Trinajstić information content (AvgIpc) is 2.61. The second-order valence-electron chi connectivity index (χ2n) is 5.99. The van der Waals surface area contributed by atoms with Crippen LogP contribution >= 0.6 is 0 Å². The smallest absolute Gasteiger partial charge is 0.226 e. The summed E-state index contributed by atoms with van der Waals surface area (Å²) in [7, 11) is 0. The van der Waals surface area contributed by atoms with E-state index in [9.17, 15) is 13.6 Å². The van der Waals surface area contributed by atoms with Crippen molar-refractivity contribution in [2.45, 2.75) is 27.2 Å². The number of nitrogens with one attached hydrogen (secondary N) is 2. The molecule has 0 atom stereocenters. The van der Waals surface area contributed by atoms with E-state index < -0.39 is 23.2 Å². The largest absolute Gasteiger partial charge is 0.384 e. The van der Waals surface area contributed by atoms with Gasteiger partial charge in [0, 0.05) is 37.4 Å². The summed E-state index contributed by atoms with van der Waals surface area (Å²) in [6.45, 7) is 8.48. The lowest BCUT2D eigenvalue weighted by Gasteiger charge is -2.22. The third-order valence-electron chi connectivity index (χ3n) is 4.23. The first-order valence-electron chi connectivity index (χ1n) is 8.79. The summed E-state index contributed by atoms with van der Waals surface area (Å²) in [4.78, 5) is 14.2. The van der Waals surface area contributed by atoms with Crippen LogP contribution < -0.4 is 15.5 Å². The third-order valence-corrected chi connectivity index (χ3v) is 4.23. The van der Waals surface area contributed by atoms with Crippen molar-refractivity contribution in [2.24, 2.45) is 0 Å². The van der Waals surface area contributed by atoms with Crippen molar-refractivity contribution in [3.8, 4) is 0 Å². The first-order chi connectivity index (χ1) is 12.5. The number of rotatable bonds is 8. The molecule has 0 unspecified atom stereocenters. The van der Waals surface area contributed by atoms with Gasteiger partial charge in [0.05, 0.1) is 0 Å². The Balaban J connectivity index is 1.90. The van der Waals surface area contributed by atoms with Gasteiger partial charge in [-0.25, -0.2) is 8.78 Å². The standard InChI is InChI=1S/C20H25F2N3O/c1-4-25(5-2)15-9-10-18(14(3)13-15)23-12-11-19(26)24-20-16(21)7-6-8-17(20)22/h6-10,13,23H,4-5,11-12H2,1-3H3,(H,24,26). The molecule has 0 aliphatic heterocycles. The van der Waals surface area contributed by atoms with Crippen LogP contribution in [0.15, 0.2) is 36.4 Å². The molecular weight excluding hydrogens is 336 g/mol. The van der Waals surface area contributed by atoms with Crippen LogP contribution in [0.1, 0.15) is 25.8 Å². The first kappa shape index (κ1) is 19.7. The van der Waals surface area contributed by atoms with Gasteiger partial charge in [0.1, 0.15) is 17.3 Å². The van der Waals surface area contributed by atoms with E-state index in [-0.39, 0.29) is 6.42 Å². The van der Waals surface area contributed by atoms with Crippen LogP contribution in [0, 0.1) is 18.6 Å². The minimum Gasteiger partial charge on any atom is -0.384 e. The summed E-state index contributed by atoms with van der Waals surface area (Å²) in [5, 5.41) is 5.48. The number of hydrogen-bond acceptors (Lipinski definition) is 3. The second-order valence-corrected chi connectivity index (χ2v) is 5.99. The fourth-order valence-electron chi connectivity index (χ4n) is 2.76. The molecule has 2 aromatic carbocycles. The third kappa shape index (κ3) is 4.94. The van der Waals surface area contributed by atoms with Crippen molar-refractivity contribution in [1.29, 1.82) is 0 Å². The maximum Gasteiger partial charge on any atom is 0.226 e. The van der Waals surface area contributed by atoms with Crippen molar-refractivity contribution < 1.29 is 13.6 Å². The van der Waals surface area contributed by atoms with Crippen molar-refractivity contribution in [3.05, 3.63) is 53.6 Å². The van der Waals surface area contributed by atoms with E-state index in [2.05, 4.69) is 35.4 Å². The number of aryl methyl sites for hydroxylation is 1. The van der Waals surface area contributed by atoms with Crippen molar-refractivity contribution in [3.63, 3.8) is 0 Å². The first-order valence-corrected chi connectivity index (χ1v) is 8.79. The van der Waals surface area contributed by atoms with Gasteiger partial charge in [-0.1, -0.05) is 6.07 Å². The molecule has 26 heavy (non-hydrogen) atoms. The van der Waals surface area contributed by atoms with Gasteiger partial charge in [0.2, 0.25) is 5.91 Å². The summed E-state index contributed by atoms with van der Waals surface area (Å²) in [6.07, 6.45) is 0.102. The molecule has 6 heteroatoms. The number of para-hydroxylation sites is 1. The van der Waals surface area contributed by atoms with Crippen LogP contribution in [0.3, 0.4) is 0 Å². The van der Waals surface area contributed by atoms with E-state index in [1.165, 1.54) is 6.07 Å². The predicted molar refractivity (Wildman–Crippen MR) is 103 cm³/mol. The van der Waals surface area contributed by atoms with Crippen LogP contribution in [-0.2, 0) is 4.79 Å². The fraction of sp³-hybridized carbons (Fsp3) is 0.350. The molecule has 0 aliphatic carbocycles. The lowest BCUT2D eigenvalue weighted by molar-refractivity contribution is -0.116. The number of carbonyl (C=O) groups is 1. The Labute approximate surface area is 153 Å². The molecule has 0 aromatic heterocycles. The normalized spacial score (nSPS) is 10.5. The number of benzene rings is 2. The monoisotopic (exact) mass is 361 g/mol. The van der Waals surface area contributed by atoms with Gasteiger partial charge < -0.3 is 15.5 Å². The van der Waals surface area contributed by atoms with Gasteiger partial charge >= 0.3 is 0 Å². The number of amides is 1. The second kappa shape index (κ2) is 9.17. The van der Waals surface area contributed by atoms with Gasteiger partial charge in [-0.2, -0.15) is 0 Å². The summed E-state index contributed by atoms with van der Waals surface area (Å²) in [5.74, 6) is -2.01. The molecule has 2 aromatic rings. The molecule has 0 radical (unpaired) electrons. The van der Waals surface area contributed by atoms with Gasteiger partial charge in [-0.3, -0.25) is 4.79 Å². The van der Waals surface area contributed by atoms with Gasteiger partial charge in [0.25, 0.3) is 0 Å². The Morgan fingerprint density at radius 2 is 1.73 bits per heavy atom. The number of hydrogen-bond donors (Lipinski definition) is 2. The fourth-order valence-corrected chi connectivity index (χ4v) is 2.76. The summed E-state index contributed by atoms with van der Waals surface area (Å²) in [6, 6.07) is 9.60. The lowest BCUT2D eigenvalue weighted by Crippen LogP contribution is -2.22. The van der Waals surface area contributed by atoms with E-state index in [0.717, 1.165) is 42.2 Å². The molecule has 2 N–H and O–H groups in total. The Hall–Kier alpha value is -2.63. The molecule has 0 spiro atoms. The van der Waals surface area contributed by atoms with E-state index in [1.807, 2.05) is 19.1 Å². The van der Waals surface area contributed by atoms with Crippen LogP contribution in [-0.4, -0.2) is 25.5 Å². The zero-order valence-electron chi connectivity index (χ0n) is 15.4. The van der Waals surface area contributed by atoms with Crippen molar-refractivity contribution in [1.82, 2.24) is 0 Å². The molecule has 0 aliphatic rings. The highest BCUT2D eigenvalue weighted by molar-refractivity contribution is 5.91. The topological polar surface area (TPSA) is 44.4 Å². The van der Waals surface area contributed by atoms with Crippen molar-refractivity contribution in [2.75, 3.05) is 35.2 Å². The quantitative estimate of drug-likeness (QED) is 0.724. The summed E-state index contributed by atoms with van der Waals surface area (Å²) in [5.41, 5.74) is 2.77. The Kier molecular flexibility index (Phi) is 6.95. The van der Waals surface area contributed by atoms with Crippen LogP contribution in [0.2, 0.25) is 0 Å². The lowest BCUT2D eigenvalue weighted by atomic mass is 10.1. The van der Waals surface area contributed by atoms with Gasteiger partial charge in [0.15, 0.2) is 0 Å². The maximum absolute atomic E-state index is 13.5. The van der Waals surface area contributed by atoms with Crippen molar-refractivity contribution >= 4 is 23.0 Å². The Morgan fingerprint density at radius 3 is 2.31 bits per heavy atom. The Morgan fingerprint density at radius 1 is 1.08 bits per heavy atom. The highest BCUT2D eigenvalue weighted by atomic mass is 19.1. The van der Waals surface area contributed by atoms with Crippen LogP contribution in [0.4, 0.5) is 25.8 Å². The molecule has 140 valence electrons. The highest BCUT2D eigenvalue weighted by Gasteiger charge is 2.12. The predicted octanol–water partition coefficient (Wildman–Crippen LogP) is 4.56. The SMILES string of the molecule is CCN(CC)c1ccc(NCCC(=O)Nc2c(F)cccc2F)c(C)c1. The zero-order valence-corrected chi connectivity index (χ0v) is 15.4. The number of anilines is 3. The molecule has 0 fully saturated rings. The molecule has 2 rings (SSSR count). The average molecular weight is 361 g/mol. The number of nitrogens with zero attached hydrogens (tertiary/aromatic N) is 1. The van der Waals surface area contributed by atoms with E-state index in [4.69, 9.17) is 0 Å². The Bertz CT molecular complexity index is 740. The minimum atomic E-state index is -0.783. The summed E-state index contributed by atoms with van der Waals surface area (Å²) < 4.78 is 27.1. The molecule has 4 nitrogen and oxygen atoms in total. The van der Waals surface area contributed by atoms with Crippen LogP contribution in [0.25, 0.3) is 0 Å². The molecular formula is C20H25F2N3O. The molecule has 0 heterocycles. The maximum atomic E-state index is 13.5. The number of halogens is 2. The highest BCUT2D eigenvalue weighted by Crippen LogP contribution is 2.23. The van der Waals surface area contributed by atoms with Gasteiger partial charge in [-0.05, 0) is 56.7 Å². The molecule has 1 amide bonds. The van der Waals surface area contributed by atoms with E-state index in [1.54, 1.807) is 0 Å². The molecule has 0 saturated heterocycles. The van der Waals surface area contributed by atoms with E-state index >= 15 is 0 Å². The van der Waals surface area contributed by atoms with E-state index in [0.29, 0.717) is 6.54 Å². The molecule has 0 bridgehead atoms. The van der Waals surface area contributed by atoms with Crippen LogP contribution in [0.5, 0.6) is 0 Å².